The first-order valence-electron chi connectivity index (χ1n) is 4.36. The first-order valence-corrected chi connectivity index (χ1v) is 4.36. The van der Waals surface area contributed by atoms with Crippen LogP contribution in [0.25, 0.3) is 0 Å². The summed E-state index contributed by atoms with van der Waals surface area (Å²) in [6.45, 7) is 1.92. The van der Waals surface area contributed by atoms with Crippen molar-refractivity contribution in [2.24, 2.45) is 0 Å². The molecule has 1 aromatic rings. The van der Waals surface area contributed by atoms with Gasteiger partial charge in [0, 0.05) is 11.7 Å². The Bertz CT molecular complexity index is 275. The minimum atomic E-state index is -0.506. The molecule has 13 heavy (non-hydrogen) atoms. The Morgan fingerprint density at radius 3 is 2.69 bits per heavy atom. The second-order valence-corrected chi connectivity index (χ2v) is 3.19. The highest BCUT2D eigenvalue weighted by Crippen LogP contribution is 2.18. The monoisotopic (exact) mass is 180 g/mol. The van der Waals surface area contributed by atoms with Crippen LogP contribution in [0.1, 0.15) is 18.6 Å². The van der Waals surface area contributed by atoms with Gasteiger partial charge in [0.25, 0.3) is 0 Å². The lowest BCUT2D eigenvalue weighted by atomic mass is 10.0. The second kappa shape index (κ2) is 4.25. The van der Waals surface area contributed by atoms with Crippen LogP contribution in [0.2, 0.25) is 0 Å². The molecule has 1 rings (SSSR count). The number of aliphatic hydroxyl groups excluding tert-OH is 1. The molecular formula is C10H16N2O. The van der Waals surface area contributed by atoms with E-state index in [4.69, 9.17) is 5.73 Å². The fourth-order valence-electron chi connectivity index (χ4n) is 1.19. The van der Waals surface area contributed by atoms with E-state index >= 15 is 0 Å². The van der Waals surface area contributed by atoms with E-state index in [1.807, 2.05) is 26.1 Å². The summed E-state index contributed by atoms with van der Waals surface area (Å²) in [5.74, 6) is 0. The molecule has 3 heteroatoms. The van der Waals surface area contributed by atoms with Crippen LogP contribution in [0, 0.1) is 0 Å². The quantitative estimate of drug-likeness (QED) is 0.606. The van der Waals surface area contributed by atoms with E-state index in [1.165, 1.54) is 0 Å². The van der Waals surface area contributed by atoms with Crippen molar-refractivity contribution in [3.8, 4) is 0 Å². The lowest BCUT2D eigenvalue weighted by Gasteiger charge is -2.18. The van der Waals surface area contributed by atoms with E-state index in [0.29, 0.717) is 5.69 Å². The number of hydrogen-bond donors (Lipinski definition) is 3. The molecule has 0 radical (unpaired) electrons. The Balaban J connectivity index is 2.82. The van der Waals surface area contributed by atoms with Crippen molar-refractivity contribution >= 4 is 5.69 Å². The molecule has 72 valence electrons. The van der Waals surface area contributed by atoms with Crippen LogP contribution in [-0.2, 0) is 0 Å². The third kappa shape index (κ3) is 2.44. The van der Waals surface area contributed by atoms with Crippen LogP contribution >= 0.6 is 0 Å². The van der Waals surface area contributed by atoms with Gasteiger partial charge in [-0.15, -0.1) is 0 Å². The van der Waals surface area contributed by atoms with Gasteiger partial charge in [0.05, 0.1) is 6.10 Å². The van der Waals surface area contributed by atoms with Crippen molar-refractivity contribution < 1.29 is 5.11 Å². The van der Waals surface area contributed by atoms with Crippen LogP contribution in [0.5, 0.6) is 0 Å². The van der Waals surface area contributed by atoms with Gasteiger partial charge in [-0.1, -0.05) is 12.1 Å². The van der Waals surface area contributed by atoms with E-state index in [1.54, 1.807) is 12.1 Å². The van der Waals surface area contributed by atoms with Crippen molar-refractivity contribution in [3.05, 3.63) is 29.8 Å². The normalized spacial score (nSPS) is 15.3. The summed E-state index contributed by atoms with van der Waals surface area (Å²) in [4.78, 5) is 0. The highest BCUT2D eigenvalue weighted by atomic mass is 16.3. The van der Waals surface area contributed by atoms with Gasteiger partial charge in [0.1, 0.15) is 0 Å². The van der Waals surface area contributed by atoms with Gasteiger partial charge in [-0.2, -0.15) is 0 Å². The maximum atomic E-state index is 9.80. The first kappa shape index (κ1) is 10.0. The molecule has 4 N–H and O–H groups in total. The van der Waals surface area contributed by atoms with Crippen LogP contribution in [0.4, 0.5) is 5.69 Å². The van der Waals surface area contributed by atoms with E-state index < -0.39 is 6.10 Å². The summed E-state index contributed by atoms with van der Waals surface area (Å²) in [7, 11) is 1.82. The molecule has 0 aromatic heterocycles. The SMILES string of the molecule is CNC(C)C(O)c1cccc(N)c1. The molecule has 0 aliphatic heterocycles. The largest absolute Gasteiger partial charge is 0.399 e. The van der Waals surface area contributed by atoms with Crippen molar-refractivity contribution in [1.82, 2.24) is 5.32 Å². The van der Waals surface area contributed by atoms with Gasteiger partial charge in [-0.05, 0) is 31.7 Å². The molecule has 0 bridgehead atoms. The number of nitrogen functional groups attached to an aromatic ring is 1. The summed E-state index contributed by atoms with van der Waals surface area (Å²) in [6.07, 6.45) is -0.506. The van der Waals surface area contributed by atoms with Crippen molar-refractivity contribution in [3.63, 3.8) is 0 Å². The zero-order chi connectivity index (χ0) is 9.84. The fraction of sp³-hybridized carbons (Fsp3) is 0.400. The van der Waals surface area contributed by atoms with Crippen LogP contribution in [-0.4, -0.2) is 18.2 Å². The fourth-order valence-corrected chi connectivity index (χ4v) is 1.19. The minimum absolute atomic E-state index is 0.0294. The number of aliphatic hydroxyl groups is 1. The third-order valence-corrected chi connectivity index (χ3v) is 2.18. The average molecular weight is 180 g/mol. The molecule has 0 saturated carbocycles. The average Bonchev–Trinajstić information content (AvgIpc) is 2.15. The Labute approximate surface area is 78.6 Å². The van der Waals surface area contributed by atoms with E-state index in [9.17, 15) is 5.11 Å². The predicted molar refractivity (Wildman–Crippen MR) is 54.3 cm³/mol. The second-order valence-electron chi connectivity index (χ2n) is 3.19. The molecule has 0 spiro atoms. The summed E-state index contributed by atoms with van der Waals surface area (Å²) < 4.78 is 0. The number of anilines is 1. The maximum Gasteiger partial charge on any atom is 0.0940 e. The molecule has 2 unspecified atom stereocenters. The Morgan fingerprint density at radius 2 is 2.15 bits per heavy atom. The number of rotatable bonds is 3. The molecule has 0 aliphatic rings. The molecule has 0 fully saturated rings. The highest BCUT2D eigenvalue weighted by molar-refractivity contribution is 5.41. The molecule has 0 saturated heterocycles. The van der Waals surface area contributed by atoms with Gasteiger partial charge in [0.2, 0.25) is 0 Å². The topological polar surface area (TPSA) is 58.3 Å². The summed E-state index contributed by atoms with van der Waals surface area (Å²) >= 11 is 0. The van der Waals surface area contributed by atoms with Crippen LogP contribution < -0.4 is 11.1 Å². The number of nitrogens with one attached hydrogen (secondary N) is 1. The van der Waals surface area contributed by atoms with E-state index in [0.717, 1.165) is 5.56 Å². The smallest absolute Gasteiger partial charge is 0.0940 e. The lowest BCUT2D eigenvalue weighted by molar-refractivity contribution is 0.140. The van der Waals surface area contributed by atoms with E-state index in [2.05, 4.69) is 5.32 Å². The number of hydrogen-bond acceptors (Lipinski definition) is 3. The van der Waals surface area contributed by atoms with E-state index in [-0.39, 0.29) is 6.04 Å². The molecular weight excluding hydrogens is 164 g/mol. The molecule has 1 aromatic carbocycles. The van der Waals surface area contributed by atoms with Gasteiger partial charge < -0.3 is 16.2 Å². The maximum absolute atomic E-state index is 9.80. The third-order valence-electron chi connectivity index (χ3n) is 2.18. The standard InChI is InChI=1S/C10H16N2O/c1-7(12-2)10(13)8-4-3-5-9(11)6-8/h3-7,10,12-13H,11H2,1-2H3. The summed E-state index contributed by atoms with van der Waals surface area (Å²) in [6, 6.07) is 7.34. The lowest BCUT2D eigenvalue weighted by Crippen LogP contribution is -2.28. The minimum Gasteiger partial charge on any atom is -0.399 e. The molecule has 0 amide bonds. The van der Waals surface area contributed by atoms with Crippen LogP contribution in [0.15, 0.2) is 24.3 Å². The predicted octanol–water partition coefficient (Wildman–Crippen LogP) is 0.910. The summed E-state index contributed by atoms with van der Waals surface area (Å²) in [5, 5.41) is 12.8. The Kier molecular flexibility index (Phi) is 3.28. The molecule has 0 heterocycles. The number of benzene rings is 1. The van der Waals surface area contributed by atoms with Crippen molar-refractivity contribution in [1.29, 1.82) is 0 Å². The van der Waals surface area contributed by atoms with Crippen LogP contribution in [0.3, 0.4) is 0 Å². The van der Waals surface area contributed by atoms with Gasteiger partial charge in [0.15, 0.2) is 0 Å². The zero-order valence-corrected chi connectivity index (χ0v) is 7.99. The Hall–Kier alpha value is -1.06. The molecule has 0 aliphatic carbocycles. The number of likely N-dealkylation sites (N-methyl/N-ethyl adjacent to an activating group) is 1. The van der Waals surface area contributed by atoms with Crippen molar-refractivity contribution in [2.45, 2.75) is 19.1 Å². The molecule has 2 atom stereocenters. The summed E-state index contributed by atoms with van der Waals surface area (Å²) in [5.41, 5.74) is 7.14. The Morgan fingerprint density at radius 1 is 1.46 bits per heavy atom. The highest BCUT2D eigenvalue weighted by Gasteiger charge is 2.13. The first-order chi connectivity index (χ1) is 6.15. The van der Waals surface area contributed by atoms with Crippen molar-refractivity contribution in [2.75, 3.05) is 12.8 Å². The van der Waals surface area contributed by atoms with Gasteiger partial charge in [-0.25, -0.2) is 0 Å². The zero-order valence-electron chi connectivity index (χ0n) is 7.99. The molecule has 3 nitrogen and oxygen atoms in total. The van der Waals surface area contributed by atoms with Gasteiger partial charge >= 0.3 is 0 Å². The number of nitrogens with two attached hydrogens (primary N) is 1. The van der Waals surface area contributed by atoms with Gasteiger partial charge in [-0.3, -0.25) is 0 Å².